The number of hydrogen-bond donors (Lipinski definition) is 0. The van der Waals surface area contributed by atoms with Crippen LogP contribution in [0.2, 0.25) is 0 Å². The van der Waals surface area contributed by atoms with Crippen LogP contribution in [0.15, 0.2) is 0 Å². The van der Waals surface area contributed by atoms with Gasteiger partial charge in [0.05, 0.1) is 0 Å². The Labute approximate surface area is 134 Å². The van der Waals surface area contributed by atoms with Crippen molar-refractivity contribution in [2.75, 3.05) is 25.2 Å². The van der Waals surface area contributed by atoms with Crippen LogP contribution in [0.3, 0.4) is 0 Å². The highest BCUT2D eigenvalue weighted by Gasteiger charge is 2.56. The Morgan fingerprint density at radius 3 is 1.77 bits per heavy atom. The Morgan fingerprint density at radius 1 is 0.727 bits per heavy atom. The molecule has 134 valence electrons. The summed E-state index contributed by atoms with van der Waals surface area (Å²) in [6, 6.07) is 0. The fraction of sp³-hybridized carbons (Fsp3) is 1.00. The predicted octanol–water partition coefficient (Wildman–Crippen LogP) is 6.07. The summed E-state index contributed by atoms with van der Waals surface area (Å²) in [5.41, 5.74) is 0. The van der Waals surface area contributed by atoms with E-state index in [2.05, 4.69) is 0 Å². The lowest BCUT2D eigenvalue weighted by Crippen LogP contribution is -2.36. The molecule has 0 saturated heterocycles. The highest BCUT2D eigenvalue weighted by atomic mass is 32.2. The molecule has 7 heteroatoms. The lowest BCUT2D eigenvalue weighted by molar-refractivity contribution is -0.284. The SMILES string of the molecule is COCCCCCCCCCSCCCC(F)(F)C(F)(F)F. The van der Waals surface area contributed by atoms with E-state index in [0.717, 1.165) is 38.0 Å². The van der Waals surface area contributed by atoms with Crippen molar-refractivity contribution >= 4 is 11.8 Å². The van der Waals surface area contributed by atoms with Crippen molar-refractivity contribution in [1.82, 2.24) is 0 Å². The second-order valence-corrected chi connectivity index (χ2v) is 6.61. The zero-order valence-electron chi connectivity index (χ0n) is 13.2. The highest BCUT2D eigenvalue weighted by molar-refractivity contribution is 7.99. The molecule has 0 rings (SSSR count). The first-order valence-electron chi connectivity index (χ1n) is 7.82. The van der Waals surface area contributed by atoms with Crippen LogP contribution < -0.4 is 0 Å². The molecule has 0 aliphatic carbocycles. The molecule has 0 aromatic carbocycles. The summed E-state index contributed by atoms with van der Waals surface area (Å²) >= 11 is 1.46. The van der Waals surface area contributed by atoms with E-state index < -0.39 is 18.5 Å². The first-order chi connectivity index (χ1) is 10.3. The molecule has 0 aliphatic rings. The number of rotatable bonds is 14. The van der Waals surface area contributed by atoms with Crippen LogP contribution >= 0.6 is 11.8 Å². The molecular formula is C15H27F5OS. The van der Waals surface area contributed by atoms with Crippen molar-refractivity contribution in [3.05, 3.63) is 0 Å². The van der Waals surface area contributed by atoms with Crippen LogP contribution in [0.1, 0.15) is 57.8 Å². The number of hydrogen-bond acceptors (Lipinski definition) is 2. The minimum absolute atomic E-state index is 0.101. The molecule has 0 radical (unpaired) electrons. The lowest BCUT2D eigenvalue weighted by atomic mass is 10.1. The van der Waals surface area contributed by atoms with Gasteiger partial charge in [0, 0.05) is 20.1 Å². The maximum atomic E-state index is 12.6. The number of methoxy groups -OCH3 is 1. The third kappa shape index (κ3) is 11.5. The maximum Gasteiger partial charge on any atom is 0.453 e. The standard InChI is InChI=1S/C15H27F5OS/c1-21-11-7-5-3-2-4-6-8-12-22-13-9-10-14(16,17)15(18,19)20/h2-13H2,1H3. The van der Waals surface area contributed by atoms with Gasteiger partial charge in [-0.05, 0) is 30.8 Å². The van der Waals surface area contributed by atoms with Gasteiger partial charge in [0.2, 0.25) is 0 Å². The topological polar surface area (TPSA) is 9.23 Å². The van der Waals surface area contributed by atoms with Gasteiger partial charge in [-0.3, -0.25) is 0 Å². The molecule has 22 heavy (non-hydrogen) atoms. The van der Waals surface area contributed by atoms with Gasteiger partial charge >= 0.3 is 12.1 Å². The Hall–Kier alpha value is -0.0400. The number of halogens is 5. The Morgan fingerprint density at radius 2 is 1.23 bits per heavy atom. The van der Waals surface area contributed by atoms with Crippen molar-refractivity contribution in [3.63, 3.8) is 0 Å². The molecular weight excluding hydrogens is 323 g/mol. The van der Waals surface area contributed by atoms with Crippen molar-refractivity contribution in [1.29, 1.82) is 0 Å². The molecule has 0 N–H and O–H groups in total. The average molecular weight is 350 g/mol. The van der Waals surface area contributed by atoms with Gasteiger partial charge in [-0.2, -0.15) is 33.7 Å². The van der Waals surface area contributed by atoms with Crippen molar-refractivity contribution in [2.45, 2.75) is 69.9 Å². The van der Waals surface area contributed by atoms with E-state index in [1.807, 2.05) is 0 Å². The Balaban J connectivity index is 3.28. The molecule has 0 aromatic heterocycles. The van der Waals surface area contributed by atoms with Crippen LogP contribution in [0.25, 0.3) is 0 Å². The van der Waals surface area contributed by atoms with Crippen molar-refractivity contribution < 1.29 is 26.7 Å². The summed E-state index contributed by atoms with van der Waals surface area (Å²) in [6.07, 6.45) is 1.27. The number of ether oxygens (including phenoxy) is 1. The van der Waals surface area contributed by atoms with Crippen molar-refractivity contribution in [3.8, 4) is 0 Å². The van der Waals surface area contributed by atoms with E-state index in [1.54, 1.807) is 7.11 Å². The molecule has 0 amide bonds. The molecule has 0 fully saturated rings. The molecule has 0 spiro atoms. The van der Waals surface area contributed by atoms with Crippen molar-refractivity contribution in [2.24, 2.45) is 0 Å². The van der Waals surface area contributed by atoms with Gasteiger partial charge in [0.25, 0.3) is 0 Å². The van der Waals surface area contributed by atoms with Crippen LogP contribution in [-0.4, -0.2) is 37.3 Å². The number of thioether (sulfide) groups is 1. The summed E-state index contributed by atoms with van der Waals surface area (Å²) in [6.45, 7) is 0.810. The normalized spacial score (nSPS) is 12.8. The van der Waals surface area contributed by atoms with Gasteiger partial charge < -0.3 is 4.74 Å². The van der Waals surface area contributed by atoms with E-state index in [9.17, 15) is 22.0 Å². The average Bonchev–Trinajstić information content (AvgIpc) is 2.42. The van der Waals surface area contributed by atoms with E-state index >= 15 is 0 Å². The molecule has 0 aromatic rings. The minimum Gasteiger partial charge on any atom is -0.385 e. The quantitative estimate of drug-likeness (QED) is 0.277. The molecule has 0 heterocycles. The van der Waals surface area contributed by atoms with Gasteiger partial charge in [-0.15, -0.1) is 0 Å². The van der Waals surface area contributed by atoms with Gasteiger partial charge in [-0.25, -0.2) is 0 Å². The molecule has 0 unspecified atom stereocenters. The maximum absolute atomic E-state index is 12.6. The highest BCUT2D eigenvalue weighted by Crippen LogP contribution is 2.39. The third-order valence-electron chi connectivity index (χ3n) is 3.33. The largest absolute Gasteiger partial charge is 0.453 e. The predicted molar refractivity (Wildman–Crippen MR) is 81.8 cm³/mol. The van der Waals surface area contributed by atoms with E-state index in [4.69, 9.17) is 4.74 Å². The summed E-state index contributed by atoms with van der Waals surface area (Å²) in [4.78, 5) is 0. The summed E-state index contributed by atoms with van der Waals surface area (Å²) in [7, 11) is 1.70. The third-order valence-corrected chi connectivity index (χ3v) is 4.49. The van der Waals surface area contributed by atoms with Crippen LogP contribution in [0.4, 0.5) is 22.0 Å². The monoisotopic (exact) mass is 350 g/mol. The smallest absolute Gasteiger partial charge is 0.385 e. The second-order valence-electron chi connectivity index (χ2n) is 5.39. The lowest BCUT2D eigenvalue weighted by Gasteiger charge is -2.19. The van der Waals surface area contributed by atoms with Crippen LogP contribution in [-0.2, 0) is 4.74 Å². The van der Waals surface area contributed by atoms with Crippen LogP contribution in [0.5, 0.6) is 0 Å². The molecule has 1 nitrogen and oxygen atoms in total. The molecule has 0 atom stereocenters. The van der Waals surface area contributed by atoms with Gasteiger partial charge in [-0.1, -0.05) is 32.1 Å². The molecule has 0 aliphatic heterocycles. The van der Waals surface area contributed by atoms with E-state index in [0.29, 0.717) is 5.75 Å². The Bertz CT molecular complexity index is 259. The summed E-state index contributed by atoms with van der Waals surface area (Å²) in [5, 5.41) is 0. The first kappa shape index (κ1) is 22.0. The zero-order chi connectivity index (χ0) is 16.9. The first-order valence-corrected chi connectivity index (χ1v) is 8.98. The Kier molecular flexibility index (Phi) is 12.4. The fourth-order valence-electron chi connectivity index (χ4n) is 1.97. The van der Waals surface area contributed by atoms with E-state index in [1.165, 1.54) is 31.0 Å². The summed E-state index contributed by atoms with van der Waals surface area (Å²) < 4.78 is 65.9. The molecule has 0 bridgehead atoms. The van der Waals surface area contributed by atoms with Gasteiger partial charge in [0.1, 0.15) is 0 Å². The van der Waals surface area contributed by atoms with E-state index in [-0.39, 0.29) is 6.42 Å². The zero-order valence-corrected chi connectivity index (χ0v) is 14.0. The number of alkyl halides is 5. The van der Waals surface area contributed by atoms with Gasteiger partial charge in [0.15, 0.2) is 0 Å². The summed E-state index contributed by atoms with van der Waals surface area (Å²) in [5.74, 6) is -3.35. The second kappa shape index (κ2) is 12.4. The minimum atomic E-state index is -5.42. The number of unbranched alkanes of at least 4 members (excludes halogenated alkanes) is 6. The fourth-order valence-corrected chi connectivity index (χ4v) is 2.94. The molecule has 0 saturated carbocycles. The van der Waals surface area contributed by atoms with Crippen LogP contribution in [0, 0.1) is 0 Å².